The first-order chi connectivity index (χ1) is 9.58. The quantitative estimate of drug-likeness (QED) is 0.567. The number of furan rings is 1. The van der Waals surface area contributed by atoms with Crippen molar-refractivity contribution in [2.45, 2.75) is 19.9 Å². The highest BCUT2D eigenvalue weighted by atomic mass is 32.1. The molecule has 0 aliphatic carbocycles. The summed E-state index contributed by atoms with van der Waals surface area (Å²) in [6.45, 7) is 2.15. The van der Waals surface area contributed by atoms with Gasteiger partial charge in [-0.1, -0.05) is 6.92 Å². The van der Waals surface area contributed by atoms with Crippen molar-refractivity contribution in [3.8, 4) is 11.5 Å². The van der Waals surface area contributed by atoms with Crippen molar-refractivity contribution in [2.24, 2.45) is 16.5 Å². The molecular weight excluding hydrogens is 278 g/mol. The van der Waals surface area contributed by atoms with Crippen molar-refractivity contribution in [2.75, 3.05) is 0 Å². The Morgan fingerprint density at radius 2 is 2.30 bits per heavy atom. The third-order valence-electron chi connectivity index (χ3n) is 2.41. The lowest BCUT2D eigenvalue weighted by atomic mass is 10.3. The summed E-state index contributed by atoms with van der Waals surface area (Å²) in [4.78, 5) is 19.3. The Morgan fingerprint density at radius 1 is 1.50 bits per heavy atom. The molecule has 2 rings (SSSR count). The summed E-state index contributed by atoms with van der Waals surface area (Å²) in [6, 6.07) is 3.59. The van der Waals surface area contributed by atoms with Gasteiger partial charge in [-0.15, -0.1) is 11.3 Å². The Kier molecular flexibility index (Phi) is 4.36. The molecular formula is C12H15N5O2S. The van der Waals surface area contributed by atoms with E-state index in [2.05, 4.69) is 15.3 Å². The van der Waals surface area contributed by atoms with E-state index in [4.69, 9.17) is 15.9 Å². The van der Waals surface area contributed by atoms with Gasteiger partial charge in [0.15, 0.2) is 11.7 Å². The SMILES string of the molecule is CCC(=O)NCc1ccc(-c2csc(N=C(N)N)n2)o1. The standard InChI is InChI=1S/C12H15N5O2S/c1-2-10(18)15-5-7-3-4-9(19-7)8-6-20-12(16-8)17-11(13)14/h3-4,6H,2,5H2,1H3,(H,15,18)(H4,13,14,16,17). The van der Waals surface area contributed by atoms with Gasteiger partial charge in [0.25, 0.3) is 0 Å². The number of nitrogens with zero attached hydrogens (tertiary/aromatic N) is 2. The summed E-state index contributed by atoms with van der Waals surface area (Å²) in [7, 11) is 0. The Bertz CT molecular complexity index is 627. The number of rotatable bonds is 5. The van der Waals surface area contributed by atoms with Crippen LogP contribution in [0, 0.1) is 0 Å². The number of hydrogen-bond donors (Lipinski definition) is 3. The second-order valence-corrected chi connectivity index (χ2v) is 4.78. The summed E-state index contributed by atoms with van der Waals surface area (Å²) in [5.41, 5.74) is 11.2. The van der Waals surface area contributed by atoms with E-state index in [0.29, 0.717) is 35.3 Å². The topological polar surface area (TPSA) is 120 Å². The van der Waals surface area contributed by atoms with Crippen molar-refractivity contribution >= 4 is 28.3 Å². The normalized spacial score (nSPS) is 10.2. The van der Waals surface area contributed by atoms with Gasteiger partial charge in [0, 0.05) is 11.8 Å². The number of hydrogen-bond acceptors (Lipinski definition) is 5. The number of amides is 1. The molecule has 0 saturated heterocycles. The van der Waals surface area contributed by atoms with E-state index < -0.39 is 0 Å². The minimum Gasteiger partial charge on any atom is -0.458 e. The van der Waals surface area contributed by atoms with Crippen LogP contribution in [0.15, 0.2) is 26.9 Å². The number of carbonyl (C=O) groups excluding carboxylic acids is 1. The Morgan fingerprint density at radius 3 is 3.00 bits per heavy atom. The number of nitrogens with one attached hydrogen (secondary N) is 1. The predicted octanol–water partition coefficient (Wildman–Crippen LogP) is 1.33. The molecule has 0 unspecified atom stereocenters. The fourth-order valence-corrected chi connectivity index (χ4v) is 2.16. The van der Waals surface area contributed by atoms with Crippen molar-refractivity contribution in [1.82, 2.24) is 10.3 Å². The molecule has 0 bridgehead atoms. The molecule has 2 aromatic rings. The summed E-state index contributed by atoms with van der Waals surface area (Å²) >= 11 is 1.32. The third-order valence-corrected chi connectivity index (χ3v) is 3.15. The van der Waals surface area contributed by atoms with Gasteiger partial charge in [0.05, 0.1) is 6.54 Å². The Labute approximate surface area is 119 Å². The lowest BCUT2D eigenvalue weighted by Gasteiger charge is -1.99. The molecule has 5 N–H and O–H groups in total. The lowest BCUT2D eigenvalue weighted by Crippen LogP contribution is -2.21. The first-order valence-corrected chi connectivity index (χ1v) is 6.87. The van der Waals surface area contributed by atoms with E-state index in [9.17, 15) is 4.79 Å². The van der Waals surface area contributed by atoms with E-state index in [1.165, 1.54) is 11.3 Å². The lowest BCUT2D eigenvalue weighted by molar-refractivity contribution is -0.121. The predicted molar refractivity (Wildman–Crippen MR) is 77.4 cm³/mol. The smallest absolute Gasteiger partial charge is 0.220 e. The van der Waals surface area contributed by atoms with Crippen LogP contribution in [-0.2, 0) is 11.3 Å². The minimum atomic E-state index is -0.0340. The van der Waals surface area contributed by atoms with Crippen LogP contribution in [0.1, 0.15) is 19.1 Å². The van der Waals surface area contributed by atoms with Crippen LogP contribution in [-0.4, -0.2) is 16.9 Å². The highest BCUT2D eigenvalue weighted by Gasteiger charge is 2.09. The van der Waals surface area contributed by atoms with Crippen molar-refractivity contribution in [1.29, 1.82) is 0 Å². The van der Waals surface area contributed by atoms with Crippen LogP contribution in [0.2, 0.25) is 0 Å². The average molecular weight is 293 g/mol. The summed E-state index contributed by atoms with van der Waals surface area (Å²) in [5.74, 6) is 1.22. The molecule has 0 atom stereocenters. The van der Waals surface area contributed by atoms with Crippen molar-refractivity contribution < 1.29 is 9.21 Å². The third kappa shape index (κ3) is 3.58. The maximum atomic E-state index is 11.2. The van der Waals surface area contributed by atoms with Crippen LogP contribution in [0.25, 0.3) is 11.5 Å². The Balaban J connectivity index is 2.06. The molecule has 8 heteroatoms. The molecule has 0 spiro atoms. The molecule has 7 nitrogen and oxygen atoms in total. The van der Waals surface area contributed by atoms with E-state index in [0.717, 1.165) is 0 Å². The number of guanidine groups is 1. The number of nitrogens with two attached hydrogens (primary N) is 2. The van der Waals surface area contributed by atoms with Gasteiger partial charge in [-0.25, -0.2) is 4.98 Å². The van der Waals surface area contributed by atoms with E-state index in [1.807, 2.05) is 0 Å². The minimum absolute atomic E-state index is 0.0216. The molecule has 1 amide bonds. The number of thiazole rings is 1. The summed E-state index contributed by atoms with van der Waals surface area (Å²) in [6.07, 6.45) is 0.446. The van der Waals surface area contributed by atoms with Crippen LogP contribution in [0.5, 0.6) is 0 Å². The van der Waals surface area contributed by atoms with E-state index in [1.54, 1.807) is 24.4 Å². The summed E-state index contributed by atoms with van der Waals surface area (Å²) in [5, 5.41) is 5.01. The Hall–Kier alpha value is -2.35. The summed E-state index contributed by atoms with van der Waals surface area (Å²) < 4.78 is 5.60. The molecule has 2 heterocycles. The molecule has 20 heavy (non-hydrogen) atoms. The second-order valence-electron chi connectivity index (χ2n) is 3.95. The molecule has 0 saturated carbocycles. The largest absolute Gasteiger partial charge is 0.458 e. The fourth-order valence-electron chi connectivity index (χ4n) is 1.46. The van der Waals surface area contributed by atoms with Gasteiger partial charge in [0.1, 0.15) is 11.5 Å². The van der Waals surface area contributed by atoms with Crippen molar-refractivity contribution in [3.63, 3.8) is 0 Å². The van der Waals surface area contributed by atoms with Gasteiger partial charge in [-0.3, -0.25) is 4.79 Å². The maximum absolute atomic E-state index is 11.2. The molecule has 2 aromatic heterocycles. The molecule has 0 radical (unpaired) electrons. The van der Waals surface area contributed by atoms with E-state index >= 15 is 0 Å². The second kappa shape index (κ2) is 6.20. The first kappa shape index (κ1) is 14.1. The van der Waals surface area contributed by atoms with Crippen LogP contribution in [0.4, 0.5) is 5.13 Å². The van der Waals surface area contributed by atoms with Gasteiger partial charge in [0.2, 0.25) is 11.0 Å². The van der Waals surface area contributed by atoms with Crippen molar-refractivity contribution in [3.05, 3.63) is 23.3 Å². The van der Waals surface area contributed by atoms with E-state index in [-0.39, 0.29) is 11.9 Å². The molecule has 106 valence electrons. The van der Waals surface area contributed by atoms with Crippen LogP contribution in [0.3, 0.4) is 0 Å². The zero-order chi connectivity index (χ0) is 14.5. The van der Waals surface area contributed by atoms with Crippen LogP contribution < -0.4 is 16.8 Å². The average Bonchev–Trinajstić information content (AvgIpc) is 3.03. The fraction of sp³-hybridized carbons (Fsp3) is 0.250. The molecule has 0 fully saturated rings. The zero-order valence-electron chi connectivity index (χ0n) is 10.9. The van der Waals surface area contributed by atoms with Gasteiger partial charge >= 0.3 is 0 Å². The number of aliphatic imine (C=N–C) groups is 1. The maximum Gasteiger partial charge on any atom is 0.220 e. The van der Waals surface area contributed by atoms with Gasteiger partial charge in [-0.05, 0) is 12.1 Å². The monoisotopic (exact) mass is 293 g/mol. The van der Waals surface area contributed by atoms with Crippen LogP contribution >= 0.6 is 11.3 Å². The number of aromatic nitrogens is 1. The van der Waals surface area contributed by atoms with Gasteiger partial charge < -0.3 is 21.2 Å². The highest BCUT2D eigenvalue weighted by molar-refractivity contribution is 7.13. The molecule has 0 aliphatic rings. The molecule has 0 aliphatic heterocycles. The zero-order valence-corrected chi connectivity index (χ0v) is 11.7. The van der Waals surface area contributed by atoms with Gasteiger partial charge in [-0.2, -0.15) is 4.99 Å². The molecule has 0 aromatic carbocycles. The number of carbonyl (C=O) groups is 1. The first-order valence-electron chi connectivity index (χ1n) is 5.99. The highest BCUT2D eigenvalue weighted by Crippen LogP contribution is 2.27.